The van der Waals surface area contributed by atoms with Crippen molar-refractivity contribution in [1.29, 1.82) is 0 Å². The van der Waals surface area contributed by atoms with Gasteiger partial charge in [-0.1, -0.05) is 0 Å². The first-order valence-corrected chi connectivity index (χ1v) is 4.41. The molecule has 0 radical (unpaired) electrons. The summed E-state index contributed by atoms with van der Waals surface area (Å²) in [5, 5.41) is 3.52. The molecule has 2 rings (SSSR count). The second kappa shape index (κ2) is 2.73. The van der Waals surface area contributed by atoms with Crippen molar-refractivity contribution in [3.63, 3.8) is 0 Å². The molecule has 0 unspecified atom stereocenters. The van der Waals surface area contributed by atoms with Crippen molar-refractivity contribution in [2.75, 3.05) is 19.7 Å². The van der Waals surface area contributed by atoms with Crippen LogP contribution in [0.4, 0.5) is 0 Å². The smallest absolute Gasteiger partial charge is 0.0716 e. The lowest BCUT2D eigenvalue weighted by atomic mass is 9.94. The predicted molar refractivity (Wildman–Crippen MR) is 43.4 cm³/mol. The number of hydrogen-bond acceptors (Lipinski definition) is 3. The molecule has 64 valence electrons. The summed E-state index contributed by atoms with van der Waals surface area (Å²) in [5.74, 6) is 0. The van der Waals surface area contributed by atoms with Crippen molar-refractivity contribution in [2.24, 2.45) is 5.73 Å². The van der Waals surface area contributed by atoms with E-state index in [-0.39, 0.29) is 0 Å². The molecule has 2 aliphatic heterocycles. The van der Waals surface area contributed by atoms with Crippen LogP contribution in [-0.2, 0) is 4.74 Å². The molecule has 0 aromatic carbocycles. The maximum atomic E-state index is 5.55. The van der Waals surface area contributed by atoms with E-state index in [0.29, 0.717) is 18.2 Å². The molecular formula is C8H16N2O. The fourth-order valence-electron chi connectivity index (χ4n) is 2.15. The molecule has 2 fully saturated rings. The van der Waals surface area contributed by atoms with Crippen LogP contribution in [0.25, 0.3) is 0 Å². The normalized spacial score (nSPS) is 43.9. The highest BCUT2D eigenvalue weighted by Crippen LogP contribution is 2.31. The molecule has 0 saturated carbocycles. The summed E-state index contributed by atoms with van der Waals surface area (Å²) < 4.78 is 5.55. The number of rotatable bonds is 1. The minimum Gasteiger partial charge on any atom is -0.375 e. The fourth-order valence-corrected chi connectivity index (χ4v) is 2.15. The Morgan fingerprint density at radius 1 is 1.64 bits per heavy atom. The molecule has 3 nitrogen and oxygen atoms in total. The fraction of sp³-hybridized carbons (Fsp3) is 1.00. The molecule has 2 heterocycles. The van der Waals surface area contributed by atoms with E-state index < -0.39 is 0 Å². The number of nitrogens with two attached hydrogens (primary N) is 1. The second-order valence-corrected chi connectivity index (χ2v) is 3.68. The van der Waals surface area contributed by atoms with E-state index in [1.54, 1.807) is 0 Å². The lowest BCUT2D eigenvalue weighted by Crippen LogP contribution is -2.40. The van der Waals surface area contributed by atoms with Gasteiger partial charge < -0.3 is 15.8 Å². The van der Waals surface area contributed by atoms with Gasteiger partial charge in [0.25, 0.3) is 0 Å². The molecule has 2 atom stereocenters. The molecule has 11 heavy (non-hydrogen) atoms. The Morgan fingerprint density at radius 3 is 3.09 bits per heavy atom. The van der Waals surface area contributed by atoms with Crippen LogP contribution in [0.15, 0.2) is 0 Å². The standard InChI is InChI=1S/C8H16N2O/c9-5-7-4-8(6-11-7)2-1-3-10-8/h7,10H,1-6,9H2/t7-,8+/m0/s1. The summed E-state index contributed by atoms with van der Waals surface area (Å²) in [6.07, 6.45) is 3.98. The Labute approximate surface area is 67.3 Å². The Bertz CT molecular complexity index is 143. The first-order chi connectivity index (χ1) is 5.35. The van der Waals surface area contributed by atoms with Gasteiger partial charge in [0.15, 0.2) is 0 Å². The summed E-state index contributed by atoms with van der Waals surface area (Å²) in [5.41, 5.74) is 5.84. The molecule has 0 aliphatic carbocycles. The minimum absolute atomic E-state index is 0.306. The van der Waals surface area contributed by atoms with Gasteiger partial charge in [-0.05, 0) is 25.8 Å². The van der Waals surface area contributed by atoms with Gasteiger partial charge in [0.1, 0.15) is 0 Å². The molecule has 0 aromatic rings. The highest BCUT2D eigenvalue weighted by atomic mass is 16.5. The highest BCUT2D eigenvalue weighted by Gasteiger charge is 2.41. The van der Waals surface area contributed by atoms with Gasteiger partial charge >= 0.3 is 0 Å². The van der Waals surface area contributed by atoms with Crippen molar-refractivity contribution < 1.29 is 4.74 Å². The zero-order valence-corrected chi connectivity index (χ0v) is 6.81. The largest absolute Gasteiger partial charge is 0.375 e. The monoisotopic (exact) mass is 156 g/mol. The van der Waals surface area contributed by atoms with Crippen molar-refractivity contribution >= 4 is 0 Å². The van der Waals surface area contributed by atoms with Gasteiger partial charge in [-0.2, -0.15) is 0 Å². The Hall–Kier alpha value is -0.120. The average Bonchev–Trinajstić information content (AvgIpc) is 2.62. The summed E-state index contributed by atoms with van der Waals surface area (Å²) >= 11 is 0. The van der Waals surface area contributed by atoms with Gasteiger partial charge in [0.2, 0.25) is 0 Å². The lowest BCUT2D eigenvalue weighted by Gasteiger charge is -2.20. The first kappa shape index (κ1) is 7.53. The Kier molecular flexibility index (Phi) is 1.87. The van der Waals surface area contributed by atoms with E-state index in [9.17, 15) is 0 Å². The molecule has 0 bridgehead atoms. The average molecular weight is 156 g/mol. The van der Waals surface area contributed by atoms with Crippen molar-refractivity contribution in [3.8, 4) is 0 Å². The van der Waals surface area contributed by atoms with Gasteiger partial charge in [0, 0.05) is 12.1 Å². The van der Waals surface area contributed by atoms with Crippen LogP contribution in [0.5, 0.6) is 0 Å². The van der Waals surface area contributed by atoms with Crippen LogP contribution in [-0.4, -0.2) is 31.3 Å². The molecule has 2 aliphatic rings. The van der Waals surface area contributed by atoms with Crippen LogP contribution in [0.1, 0.15) is 19.3 Å². The Balaban J connectivity index is 1.96. The van der Waals surface area contributed by atoms with Gasteiger partial charge in [-0.25, -0.2) is 0 Å². The summed E-state index contributed by atoms with van der Waals surface area (Å²) in [6, 6.07) is 0. The zero-order valence-electron chi connectivity index (χ0n) is 6.81. The van der Waals surface area contributed by atoms with Crippen molar-refractivity contribution in [2.45, 2.75) is 30.9 Å². The molecule has 0 amide bonds. The maximum absolute atomic E-state index is 5.55. The molecule has 2 saturated heterocycles. The quantitative estimate of drug-likeness (QED) is 0.555. The van der Waals surface area contributed by atoms with E-state index in [4.69, 9.17) is 10.5 Å². The predicted octanol–water partition coefficient (Wildman–Crippen LogP) is -0.144. The summed E-state index contributed by atoms with van der Waals surface area (Å²) in [7, 11) is 0. The van der Waals surface area contributed by atoms with Crippen LogP contribution < -0.4 is 11.1 Å². The second-order valence-electron chi connectivity index (χ2n) is 3.68. The van der Waals surface area contributed by atoms with Crippen LogP contribution in [0.2, 0.25) is 0 Å². The van der Waals surface area contributed by atoms with Crippen LogP contribution >= 0.6 is 0 Å². The van der Waals surface area contributed by atoms with Crippen molar-refractivity contribution in [3.05, 3.63) is 0 Å². The molecule has 1 spiro atoms. The van der Waals surface area contributed by atoms with E-state index in [1.807, 2.05) is 0 Å². The summed E-state index contributed by atoms with van der Waals surface area (Å²) in [4.78, 5) is 0. The molecular weight excluding hydrogens is 140 g/mol. The van der Waals surface area contributed by atoms with Gasteiger partial charge in [-0.15, -0.1) is 0 Å². The van der Waals surface area contributed by atoms with Gasteiger partial charge in [-0.3, -0.25) is 0 Å². The molecule has 0 aromatic heterocycles. The number of nitrogens with one attached hydrogen (secondary N) is 1. The highest BCUT2D eigenvalue weighted by molar-refractivity contribution is 4.99. The van der Waals surface area contributed by atoms with Crippen molar-refractivity contribution in [1.82, 2.24) is 5.32 Å². The first-order valence-electron chi connectivity index (χ1n) is 4.41. The van der Waals surface area contributed by atoms with E-state index in [0.717, 1.165) is 19.6 Å². The molecule has 3 heteroatoms. The minimum atomic E-state index is 0.306. The summed E-state index contributed by atoms with van der Waals surface area (Å²) in [6.45, 7) is 2.69. The molecule has 3 N–H and O–H groups in total. The van der Waals surface area contributed by atoms with Crippen LogP contribution in [0.3, 0.4) is 0 Å². The van der Waals surface area contributed by atoms with E-state index in [2.05, 4.69) is 5.32 Å². The zero-order chi connectivity index (χ0) is 7.73. The third-order valence-corrected chi connectivity index (χ3v) is 2.81. The third-order valence-electron chi connectivity index (χ3n) is 2.81. The van der Waals surface area contributed by atoms with E-state index in [1.165, 1.54) is 12.8 Å². The van der Waals surface area contributed by atoms with Crippen LogP contribution in [0, 0.1) is 0 Å². The lowest BCUT2D eigenvalue weighted by molar-refractivity contribution is 0.108. The van der Waals surface area contributed by atoms with E-state index >= 15 is 0 Å². The SMILES string of the molecule is NC[C@@H]1C[C@]2(CCCN2)CO1. The number of ether oxygens (including phenoxy) is 1. The van der Waals surface area contributed by atoms with Gasteiger partial charge in [0.05, 0.1) is 12.7 Å². The topological polar surface area (TPSA) is 47.3 Å². The maximum Gasteiger partial charge on any atom is 0.0716 e. The Morgan fingerprint density at radius 2 is 2.55 bits per heavy atom. The number of hydrogen-bond donors (Lipinski definition) is 2. The third kappa shape index (κ3) is 1.28.